The molecule has 2 aliphatic rings. The Kier molecular flexibility index (Phi) is 5.14. The van der Waals surface area contributed by atoms with Gasteiger partial charge in [0.25, 0.3) is 5.69 Å². The van der Waals surface area contributed by atoms with Crippen LogP contribution in [0, 0.1) is 10.1 Å². The fourth-order valence-electron chi connectivity index (χ4n) is 4.14. The van der Waals surface area contributed by atoms with E-state index in [1.54, 1.807) is 18.2 Å². The van der Waals surface area contributed by atoms with E-state index in [9.17, 15) is 14.9 Å². The van der Waals surface area contributed by atoms with E-state index in [1.165, 1.54) is 12.1 Å². The molecular formula is C24H20N5O4+. The molecule has 0 aliphatic carbocycles. The van der Waals surface area contributed by atoms with Crippen LogP contribution in [-0.4, -0.2) is 28.8 Å². The van der Waals surface area contributed by atoms with Gasteiger partial charge in [-0.2, -0.15) is 9.56 Å². The molecule has 0 fully saturated rings. The van der Waals surface area contributed by atoms with Gasteiger partial charge in [-0.25, -0.2) is 9.79 Å². The highest BCUT2D eigenvalue weighted by Gasteiger charge is 2.39. The first-order chi connectivity index (χ1) is 16.0. The summed E-state index contributed by atoms with van der Waals surface area (Å²) in [7, 11) is 0. The third-order valence-corrected chi connectivity index (χ3v) is 5.66. The van der Waals surface area contributed by atoms with Gasteiger partial charge in [0.05, 0.1) is 11.0 Å². The number of nitrogens with one attached hydrogen (secondary N) is 1. The maximum Gasteiger partial charge on any atom is 0.344 e. The molecule has 2 amide bonds. The van der Waals surface area contributed by atoms with Gasteiger partial charge >= 0.3 is 6.03 Å². The number of para-hydroxylation sites is 1. The zero-order valence-corrected chi connectivity index (χ0v) is 17.7. The minimum Gasteiger partial charge on any atom is -0.422 e. The molecule has 0 spiro atoms. The molecule has 2 unspecified atom stereocenters. The van der Waals surface area contributed by atoms with E-state index >= 15 is 0 Å². The lowest BCUT2D eigenvalue weighted by molar-refractivity contribution is -0.669. The second-order valence-electron chi connectivity index (χ2n) is 7.64. The monoisotopic (exact) mass is 442 g/mol. The van der Waals surface area contributed by atoms with Crippen LogP contribution in [0.15, 0.2) is 76.7 Å². The number of pyridine rings is 1. The molecule has 0 bridgehead atoms. The highest BCUT2D eigenvalue weighted by atomic mass is 16.6. The molecule has 3 heterocycles. The summed E-state index contributed by atoms with van der Waals surface area (Å²) in [5.41, 5.74) is 2.60. The van der Waals surface area contributed by atoms with Crippen molar-refractivity contribution in [2.24, 2.45) is 9.98 Å². The number of urea groups is 1. The highest BCUT2D eigenvalue weighted by molar-refractivity contribution is 6.10. The van der Waals surface area contributed by atoms with Gasteiger partial charge in [0.1, 0.15) is 6.54 Å². The molecule has 0 radical (unpaired) electrons. The maximum absolute atomic E-state index is 12.1. The minimum atomic E-state index is -0.614. The summed E-state index contributed by atoms with van der Waals surface area (Å²) in [5, 5.41) is 15.1. The Bertz CT molecular complexity index is 1380. The Balaban J connectivity index is 1.46. The number of nitro groups is 1. The Morgan fingerprint density at radius 3 is 2.82 bits per heavy atom. The van der Waals surface area contributed by atoms with Gasteiger partial charge in [-0.3, -0.25) is 10.1 Å². The molecule has 9 heteroatoms. The van der Waals surface area contributed by atoms with Crippen LogP contribution in [0.2, 0.25) is 0 Å². The Morgan fingerprint density at radius 1 is 1.15 bits per heavy atom. The number of carbonyl (C=O) groups is 1. The lowest BCUT2D eigenvalue weighted by atomic mass is 9.98. The molecule has 2 aromatic carbocycles. The molecule has 0 saturated heterocycles. The summed E-state index contributed by atoms with van der Waals surface area (Å²) >= 11 is 0. The van der Waals surface area contributed by atoms with Gasteiger partial charge in [0.2, 0.25) is 23.0 Å². The zero-order chi connectivity index (χ0) is 22.9. The van der Waals surface area contributed by atoms with E-state index in [2.05, 4.69) is 45.0 Å². The Hall–Kier alpha value is -4.40. The van der Waals surface area contributed by atoms with Crippen molar-refractivity contribution in [3.8, 4) is 0 Å². The fourth-order valence-corrected chi connectivity index (χ4v) is 4.14. The number of nitro benzene ring substituents is 1. The molecule has 3 aromatic rings. The summed E-state index contributed by atoms with van der Waals surface area (Å²) < 4.78 is 7.94. The molecule has 33 heavy (non-hydrogen) atoms. The number of hydrogen-bond donors (Lipinski definition) is 1. The first-order valence-electron chi connectivity index (χ1n) is 10.5. The highest BCUT2D eigenvalue weighted by Crippen LogP contribution is 2.30. The standard InChI is InChI=1S/C24H19N5O4/c1-2-28-17(11-10-15-6-3-4-9-19(15)28)12-13-20-25-22-21(26-24(30)27-23(22)33-20)16-7-5-8-18(14-16)29(31)32/h3-14,21-22H,2H2,1H3/p+1/b13-12+. The summed E-state index contributed by atoms with van der Waals surface area (Å²) in [6.45, 7) is 2.87. The smallest absolute Gasteiger partial charge is 0.344 e. The summed E-state index contributed by atoms with van der Waals surface area (Å²) in [5.74, 6) is 0.498. The van der Waals surface area contributed by atoms with Crippen molar-refractivity contribution in [3.05, 3.63) is 88.1 Å². The first-order valence-corrected chi connectivity index (χ1v) is 10.5. The number of fused-ring (bicyclic) bond motifs is 2. The molecule has 0 saturated carbocycles. The lowest BCUT2D eigenvalue weighted by Gasteiger charge is -2.24. The van der Waals surface area contributed by atoms with Crippen molar-refractivity contribution in [3.63, 3.8) is 0 Å². The summed E-state index contributed by atoms with van der Waals surface area (Å²) in [6.07, 6.45) is 3.65. The van der Waals surface area contributed by atoms with Crippen LogP contribution in [0.5, 0.6) is 0 Å². The largest absolute Gasteiger partial charge is 0.422 e. The number of amides is 2. The molecular weight excluding hydrogens is 422 g/mol. The number of hydrogen-bond acceptors (Lipinski definition) is 5. The normalized spacial score (nSPS) is 19.6. The van der Waals surface area contributed by atoms with E-state index in [4.69, 9.17) is 4.74 Å². The van der Waals surface area contributed by atoms with Gasteiger partial charge < -0.3 is 10.1 Å². The van der Waals surface area contributed by atoms with Crippen LogP contribution in [0.25, 0.3) is 17.0 Å². The zero-order valence-electron chi connectivity index (χ0n) is 17.7. The molecule has 5 rings (SSSR count). The third kappa shape index (κ3) is 3.84. The molecule has 2 aliphatic heterocycles. The maximum atomic E-state index is 12.1. The molecule has 2 atom stereocenters. The number of ether oxygens (including phenoxy) is 1. The van der Waals surface area contributed by atoms with Crippen LogP contribution < -0.4 is 9.88 Å². The Morgan fingerprint density at radius 2 is 2.00 bits per heavy atom. The van der Waals surface area contributed by atoms with Gasteiger partial charge in [-0.05, 0) is 24.6 Å². The SMILES string of the molecule is CC[n+]1c(/C=C/C2=NC3C(=NC(=O)NC3c3cccc([N+](=O)[O-])c3)O2)ccc2ccccc21. The van der Waals surface area contributed by atoms with Crippen molar-refractivity contribution in [1.29, 1.82) is 0 Å². The van der Waals surface area contributed by atoms with Crippen LogP contribution in [0.4, 0.5) is 10.5 Å². The molecule has 1 aromatic heterocycles. The topological polar surface area (TPSA) is 110 Å². The van der Waals surface area contributed by atoms with Crippen molar-refractivity contribution < 1.29 is 19.0 Å². The molecule has 164 valence electrons. The van der Waals surface area contributed by atoms with Crippen LogP contribution >= 0.6 is 0 Å². The van der Waals surface area contributed by atoms with Gasteiger partial charge in [-0.1, -0.05) is 24.3 Å². The quantitative estimate of drug-likeness (QED) is 0.369. The number of non-ortho nitro benzene ring substituents is 1. The van der Waals surface area contributed by atoms with E-state index < -0.39 is 23.0 Å². The van der Waals surface area contributed by atoms with Crippen molar-refractivity contribution in [1.82, 2.24) is 5.32 Å². The van der Waals surface area contributed by atoms with Gasteiger partial charge in [0.15, 0.2) is 6.04 Å². The number of nitrogens with zero attached hydrogens (tertiary/aromatic N) is 4. The summed E-state index contributed by atoms with van der Waals surface area (Å²) in [4.78, 5) is 31.3. The van der Waals surface area contributed by atoms with Crippen molar-refractivity contribution in [2.75, 3.05) is 0 Å². The number of carbonyl (C=O) groups excluding carboxylic acids is 1. The second-order valence-corrected chi connectivity index (χ2v) is 7.64. The van der Waals surface area contributed by atoms with E-state index in [1.807, 2.05) is 24.3 Å². The number of aliphatic imine (C=N–C) groups is 2. The number of rotatable bonds is 5. The van der Waals surface area contributed by atoms with E-state index in [0.29, 0.717) is 11.5 Å². The van der Waals surface area contributed by atoms with Crippen LogP contribution in [0.1, 0.15) is 24.2 Å². The number of aryl methyl sites for hydroxylation is 1. The Labute approximate surface area is 188 Å². The van der Waals surface area contributed by atoms with Crippen molar-refractivity contribution in [2.45, 2.75) is 25.6 Å². The van der Waals surface area contributed by atoms with E-state index in [0.717, 1.165) is 23.1 Å². The predicted octanol–water partition coefficient (Wildman–Crippen LogP) is 3.73. The predicted molar refractivity (Wildman–Crippen MR) is 123 cm³/mol. The first kappa shape index (κ1) is 20.5. The second kappa shape index (κ2) is 8.27. The number of benzene rings is 2. The van der Waals surface area contributed by atoms with Gasteiger partial charge in [-0.15, -0.1) is 0 Å². The average Bonchev–Trinajstić information content (AvgIpc) is 3.24. The molecule has 1 N–H and O–H groups in total. The van der Waals surface area contributed by atoms with Crippen LogP contribution in [-0.2, 0) is 11.3 Å². The van der Waals surface area contributed by atoms with Crippen LogP contribution in [0.3, 0.4) is 0 Å². The molecule has 9 nitrogen and oxygen atoms in total. The van der Waals surface area contributed by atoms with Crippen molar-refractivity contribution >= 4 is 40.5 Å². The number of aromatic nitrogens is 1. The summed E-state index contributed by atoms with van der Waals surface area (Å²) in [6, 6.07) is 16.6. The fraction of sp³-hybridized carbons (Fsp3) is 0.167. The van der Waals surface area contributed by atoms with E-state index in [-0.39, 0.29) is 11.6 Å². The van der Waals surface area contributed by atoms with Gasteiger partial charge in [0, 0.05) is 41.8 Å². The third-order valence-electron chi connectivity index (χ3n) is 5.66. The lowest BCUT2D eigenvalue weighted by Crippen LogP contribution is -2.42. The average molecular weight is 442 g/mol. The minimum absolute atomic E-state index is 0.0609.